The van der Waals surface area contributed by atoms with Gasteiger partial charge in [0, 0.05) is 19.8 Å². The van der Waals surface area contributed by atoms with Gasteiger partial charge in [0.1, 0.15) is 5.69 Å². The summed E-state index contributed by atoms with van der Waals surface area (Å²) in [5.41, 5.74) is 0.330. The molecular formula is C12H17N3O3. The van der Waals surface area contributed by atoms with E-state index in [0.717, 1.165) is 13.0 Å². The van der Waals surface area contributed by atoms with E-state index in [1.165, 1.54) is 18.3 Å². The van der Waals surface area contributed by atoms with Gasteiger partial charge in [0.2, 0.25) is 0 Å². The summed E-state index contributed by atoms with van der Waals surface area (Å²) in [4.78, 5) is 28.0. The van der Waals surface area contributed by atoms with Crippen LogP contribution in [0.1, 0.15) is 27.3 Å². The number of aromatic carboxylic acids is 1. The molecule has 1 aromatic rings. The normalized spacial score (nSPS) is 10.1. The molecule has 0 saturated heterocycles. The first-order valence-electron chi connectivity index (χ1n) is 5.65. The number of carboxylic acid groups (broad SMARTS) is 1. The molecule has 0 saturated carbocycles. The van der Waals surface area contributed by atoms with Crippen molar-refractivity contribution in [2.75, 3.05) is 27.2 Å². The second-order valence-electron chi connectivity index (χ2n) is 3.92. The molecule has 0 aliphatic rings. The van der Waals surface area contributed by atoms with E-state index >= 15 is 0 Å². The summed E-state index contributed by atoms with van der Waals surface area (Å²) in [6.45, 7) is 1.46. The number of hydrogen-bond donors (Lipinski definition) is 2. The Labute approximate surface area is 106 Å². The van der Waals surface area contributed by atoms with E-state index in [4.69, 9.17) is 5.11 Å². The number of nitrogens with zero attached hydrogens (tertiary/aromatic N) is 2. The number of carbonyl (C=O) groups is 2. The minimum absolute atomic E-state index is 0.0735. The summed E-state index contributed by atoms with van der Waals surface area (Å²) in [6.07, 6.45) is 2.04. The number of carbonyl (C=O) groups excluding carboxylic acids is 1. The van der Waals surface area contributed by atoms with Gasteiger partial charge in [-0.2, -0.15) is 0 Å². The van der Waals surface area contributed by atoms with Gasteiger partial charge in [0.05, 0.1) is 5.56 Å². The summed E-state index contributed by atoms with van der Waals surface area (Å²) >= 11 is 0. The van der Waals surface area contributed by atoms with Crippen LogP contribution in [0, 0.1) is 0 Å². The first-order valence-corrected chi connectivity index (χ1v) is 5.65. The number of pyridine rings is 1. The maximum Gasteiger partial charge on any atom is 0.337 e. The van der Waals surface area contributed by atoms with Crippen molar-refractivity contribution in [1.29, 1.82) is 0 Å². The number of aromatic nitrogens is 1. The molecule has 1 rings (SSSR count). The monoisotopic (exact) mass is 251 g/mol. The minimum atomic E-state index is -1.05. The molecule has 1 heterocycles. The third kappa shape index (κ3) is 3.81. The van der Waals surface area contributed by atoms with Gasteiger partial charge in [-0.3, -0.25) is 9.78 Å². The predicted octanol–water partition coefficient (Wildman–Crippen LogP) is 0.461. The van der Waals surface area contributed by atoms with Crippen LogP contribution >= 0.6 is 0 Å². The number of hydrogen-bond acceptors (Lipinski definition) is 4. The van der Waals surface area contributed by atoms with Gasteiger partial charge in [-0.05, 0) is 32.1 Å². The standard InChI is InChI=1S/C12H17N3O3/c1-13-6-3-7-15(2)11(16)10-5-4-9(8-14-10)12(17)18/h4-5,8,13H,3,6-7H2,1-2H3,(H,17,18). The molecule has 0 radical (unpaired) electrons. The Morgan fingerprint density at radius 1 is 1.44 bits per heavy atom. The third-order valence-electron chi connectivity index (χ3n) is 2.50. The van der Waals surface area contributed by atoms with Crippen LogP contribution < -0.4 is 5.32 Å². The van der Waals surface area contributed by atoms with Gasteiger partial charge < -0.3 is 15.3 Å². The van der Waals surface area contributed by atoms with Crippen LogP contribution in [0.25, 0.3) is 0 Å². The zero-order valence-corrected chi connectivity index (χ0v) is 10.5. The topological polar surface area (TPSA) is 82.5 Å². The quantitative estimate of drug-likeness (QED) is 0.718. The average molecular weight is 251 g/mol. The van der Waals surface area contributed by atoms with Crippen LogP contribution in [0.2, 0.25) is 0 Å². The Bertz CT molecular complexity index is 417. The van der Waals surface area contributed by atoms with Crippen LogP contribution in [0.3, 0.4) is 0 Å². The smallest absolute Gasteiger partial charge is 0.337 e. The van der Waals surface area contributed by atoms with Gasteiger partial charge in [-0.25, -0.2) is 4.79 Å². The molecule has 1 aromatic heterocycles. The fourth-order valence-corrected chi connectivity index (χ4v) is 1.44. The van der Waals surface area contributed by atoms with Crippen molar-refractivity contribution in [2.45, 2.75) is 6.42 Å². The van der Waals surface area contributed by atoms with Gasteiger partial charge in [-0.1, -0.05) is 0 Å². The molecule has 6 nitrogen and oxygen atoms in total. The van der Waals surface area contributed by atoms with Crippen molar-refractivity contribution in [3.63, 3.8) is 0 Å². The Hall–Kier alpha value is -1.95. The van der Waals surface area contributed by atoms with Crippen molar-refractivity contribution in [3.8, 4) is 0 Å². The van der Waals surface area contributed by atoms with Crippen molar-refractivity contribution in [3.05, 3.63) is 29.6 Å². The summed E-state index contributed by atoms with van der Waals surface area (Å²) in [6, 6.07) is 2.81. The summed E-state index contributed by atoms with van der Waals surface area (Å²) in [5, 5.41) is 11.7. The molecular weight excluding hydrogens is 234 g/mol. The van der Waals surface area contributed by atoms with Crippen molar-refractivity contribution >= 4 is 11.9 Å². The fraction of sp³-hybridized carbons (Fsp3) is 0.417. The van der Waals surface area contributed by atoms with Crippen LogP contribution in [-0.2, 0) is 0 Å². The molecule has 0 atom stereocenters. The average Bonchev–Trinajstić information content (AvgIpc) is 2.38. The first-order chi connectivity index (χ1) is 8.56. The highest BCUT2D eigenvalue weighted by Crippen LogP contribution is 2.03. The highest BCUT2D eigenvalue weighted by atomic mass is 16.4. The van der Waals surface area contributed by atoms with E-state index in [9.17, 15) is 9.59 Å². The van der Waals surface area contributed by atoms with Crippen LogP contribution in [0.15, 0.2) is 18.3 Å². The Morgan fingerprint density at radius 2 is 2.17 bits per heavy atom. The van der Waals surface area contributed by atoms with Crippen molar-refractivity contribution in [1.82, 2.24) is 15.2 Å². The molecule has 98 valence electrons. The minimum Gasteiger partial charge on any atom is -0.478 e. The predicted molar refractivity (Wildman–Crippen MR) is 66.7 cm³/mol. The summed E-state index contributed by atoms with van der Waals surface area (Å²) < 4.78 is 0. The molecule has 0 spiro atoms. The number of rotatable bonds is 6. The van der Waals surface area contributed by atoms with E-state index in [0.29, 0.717) is 6.54 Å². The van der Waals surface area contributed by atoms with E-state index in [1.54, 1.807) is 11.9 Å². The molecule has 0 unspecified atom stereocenters. The molecule has 0 bridgehead atoms. The van der Waals surface area contributed by atoms with Crippen LogP contribution in [0.5, 0.6) is 0 Å². The van der Waals surface area contributed by atoms with Gasteiger partial charge >= 0.3 is 5.97 Å². The fourth-order valence-electron chi connectivity index (χ4n) is 1.44. The first kappa shape index (κ1) is 14.1. The summed E-state index contributed by atoms with van der Waals surface area (Å²) in [7, 11) is 3.55. The summed E-state index contributed by atoms with van der Waals surface area (Å²) in [5.74, 6) is -1.26. The second-order valence-corrected chi connectivity index (χ2v) is 3.92. The van der Waals surface area contributed by atoms with E-state index in [-0.39, 0.29) is 17.2 Å². The Kier molecular flexibility index (Phi) is 5.26. The Balaban J connectivity index is 2.63. The number of amides is 1. The second kappa shape index (κ2) is 6.70. The van der Waals surface area contributed by atoms with E-state index in [2.05, 4.69) is 10.3 Å². The van der Waals surface area contributed by atoms with Crippen LogP contribution in [-0.4, -0.2) is 54.1 Å². The molecule has 0 aromatic carbocycles. The zero-order valence-electron chi connectivity index (χ0n) is 10.5. The SMILES string of the molecule is CNCCCN(C)C(=O)c1ccc(C(=O)O)cn1. The van der Waals surface area contributed by atoms with Gasteiger partial charge in [0.15, 0.2) is 0 Å². The number of carboxylic acids is 1. The molecule has 0 fully saturated rings. The highest BCUT2D eigenvalue weighted by Gasteiger charge is 2.13. The Morgan fingerprint density at radius 3 is 2.67 bits per heavy atom. The molecule has 6 heteroatoms. The van der Waals surface area contributed by atoms with Gasteiger partial charge in [0.25, 0.3) is 5.91 Å². The third-order valence-corrected chi connectivity index (χ3v) is 2.50. The lowest BCUT2D eigenvalue weighted by Crippen LogP contribution is -2.30. The van der Waals surface area contributed by atoms with Crippen molar-refractivity contribution in [2.24, 2.45) is 0 Å². The van der Waals surface area contributed by atoms with Gasteiger partial charge in [-0.15, -0.1) is 0 Å². The largest absolute Gasteiger partial charge is 0.478 e. The molecule has 0 aliphatic heterocycles. The van der Waals surface area contributed by atoms with E-state index in [1.807, 2.05) is 7.05 Å². The maximum atomic E-state index is 11.9. The lowest BCUT2D eigenvalue weighted by molar-refractivity contribution is 0.0694. The van der Waals surface area contributed by atoms with Crippen LogP contribution in [0.4, 0.5) is 0 Å². The maximum absolute atomic E-state index is 11.9. The lowest BCUT2D eigenvalue weighted by atomic mass is 10.2. The molecule has 2 N–H and O–H groups in total. The lowest BCUT2D eigenvalue weighted by Gasteiger charge is -2.16. The molecule has 18 heavy (non-hydrogen) atoms. The molecule has 0 aliphatic carbocycles. The number of nitrogens with one attached hydrogen (secondary N) is 1. The van der Waals surface area contributed by atoms with E-state index < -0.39 is 5.97 Å². The zero-order chi connectivity index (χ0) is 13.5. The molecule has 1 amide bonds. The highest BCUT2D eigenvalue weighted by molar-refractivity contribution is 5.93. The van der Waals surface area contributed by atoms with Crippen molar-refractivity contribution < 1.29 is 14.7 Å².